The van der Waals surface area contributed by atoms with Gasteiger partial charge in [0.15, 0.2) is 5.76 Å². The van der Waals surface area contributed by atoms with Crippen molar-refractivity contribution >= 4 is 6.03 Å². The Bertz CT molecular complexity index is 259. The van der Waals surface area contributed by atoms with E-state index in [0.717, 1.165) is 12.8 Å². The van der Waals surface area contributed by atoms with Gasteiger partial charge in [0.25, 0.3) is 0 Å². The van der Waals surface area contributed by atoms with Crippen LogP contribution >= 0.6 is 0 Å². The lowest BCUT2D eigenvalue weighted by molar-refractivity contribution is 0.238. The van der Waals surface area contributed by atoms with Crippen LogP contribution < -0.4 is 10.6 Å². The minimum Gasteiger partial charge on any atom is -0.360 e. The van der Waals surface area contributed by atoms with Crippen molar-refractivity contribution in [3.63, 3.8) is 0 Å². The highest BCUT2D eigenvalue weighted by molar-refractivity contribution is 5.73. The van der Waals surface area contributed by atoms with E-state index in [1.54, 1.807) is 12.3 Å². The molecule has 0 aliphatic carbocycles. The lowest BCUT2D eigenvalue weighted by Gasteiger charge is -2.04. The molecule has 2 amide bonds. The zero-order valence-electron chi connectivity index (χ0n) is 8.25. The van der Waals surface area contributed by atoms with Crippen molar-refractivity contribution in [2.75, 3.05) is 6.54 Å². The number of aromatic nitrogens is 1. The molecule has 5 heteroatoms. The number of amides is 2. The fraction of sp³-hybridized carbons (Fsp3) is 0.556. The van der Waals surface area contributed by atoms with Gasteiger partial charge >= 0.3 is 6.03 Å². The summed E-state index contributed by atoms with van der Waals surface area (Å²) in [7, 11) is 0. The second-order valence-corrected chi connectivity index (χ2v) is 2.94. The molecule has 0 saturated heterocycles. The summed E-state index contributed by atoms with van der Waals surface area (Å²) in [6, 6.07) is 1.54. The van der Waals surface area contributed by atoms with Gasteiger partial charge in [-0.1, -0.05) is 18.5 Å². The van der Waals surface area contributed by atoms with Crippen molar-refractivity contribution in [3.8, 4) is 0 Å². The average molecular weight is 197 g/mol. The third-order valence-electron chi connectivity index (χ3n) is 1.73. The van der Waals surface area contributed by atoms with Gasteiger partial charge in [-0.3, -0.25) is 0 Å². The number of unbranched alkanes of at least 4 members (excludes halogenated alkanes) is 1. The van der Waals surface area contributed by atoms with Crippen LogP contribution in [0.25, 0.3) is 0 Å². The highest BCUT2D eigenvalue weighted by Crippen LogP contribution is 1.94. The molecule has 5 nitrogen and oxygen atoms in total. The molecule has 1 rings (SSSR count). The zero-order valence-corrected chi connectivity index (χ0v) is 8.25. The topological polar surface area (TPSA) is 67.2 Å². The molecular weight excluding hydrogens is 182 g/mol. The van der Waals surface area contributed by atoms with E-state index in [0.29, 0.717) is 18.8 Å². The first kappa shape index (κ1) is 10.6. The van der Waals surface area contributed by atoms with Gasteiger partial charge in [0.05, 0.1) is 12.7 Å². The smallest absolute Gasteiger partial charge is 0.315 e. The number of rotatable bonds is 5. The molecule has 0 atom stereocenters. The molecule has 0 saturated carbocycles. The number of carbonyl (C=O) groups excluding carboxylic acids is 1. The van der Waals surface area contributed by atoms with Gasteiger partial charge in [0.2, 0.25) is 0 Å². The normalized spacial score (nSPS) is 9.79. The minimum absolute atomic E-state index is 0.171. The van der Waals surface area contributed by atoms with Crippen LogP contribution in [0.2, 0.25) is 0 Å². The molecule has 0 aliphatic heterocycles. The summed E-state index contributed by atoms with van der Waals surface area (Å²) in [6.45, 7) is 3.16. The van der Waals surface area contributed by atoms with Gasteiger partial charge in [-0.05, 0) is 6.42 Å². The van der Waals surface area contributed by atoms with E-state index in [1.165, 1.54) is 0 Å². The minimum atomic E-state index is -0.171. The van der Waals surface area contributed by atoms with Crippen molar-refractivity contribution in [1.82, 2.24) is 15.8 Å². The third kappa shape index (κ3) is 3.93. The Balaban J connectivity index is 2.09. The molecular formula is C9H15N3O2. The molecule has 1 aromatic heterocycles. The average Bonchev–Trinajstić information content (AvgIpc) is 2.68. The van der Waals surface area contributed by atoms with Crippen LogP contribution in [0.15, 0.2) is 16.8 Å². The monoisotopic (exact) mass is 197 g/mol. The summed E-state index contributed by atoms with van der Waals surface area (Å²) in [5.74, 6) is 0.649. The summed E-state index contributed by atoms with van der Waals surface area (Å²) >= 11 is 0. The van der Waals surface area contributed by atoms with Gasteiger partial charge in [0.1, 0.15) is 0 Å². The van der Waals surface area contributed by atoms with Crippen LogP contribution in [0.5, 0.6) is 0 Å². The van der Waals surface area contributed by atoms with E-state index < -0.39 is 0 Å². The van der Waals surface area contributed by atoms with Crippen molar-refractivity contribution < 1.29 is 9.32 Å². The lowest BCUT2D eigenvalue weighted by Crippen LogP contribution is -2.35. The summed E-state index contributed by atoms with van der Waals surface area (Å²) in [5.41, 5.74) is 0. The van der Waals surface area contributed by atoms with Crippen molar-refractivity contribution in [2.45, 2.75) is 26.3 Å². The molecule has 14 heavy (non-hydrogen) atoms. The van der Waals surface area contributed by atoms with Crippen molar-refractivity contribution in [2.24, 2.45) is 0 Å². The maximum absolute atomic E-state index is 11.1. The van der Waals surface area contributed by atoms with Crippen LogP contribution in [-0.2, 0) is 6.54 Å². The maximum Gasteiger partial charge on any atom is 0.315 e. The Morgan fingerprint density at radius 2 is 2.43 bits per heavy atom. The molecule has 0 aliphatic rings. The van der Waals surface area contributed by atoms with E-state index in [-0.39, 0.29) is 6.03 Å². The molecule has 1 aromatic rings. The summed E-state index contributed by atoms with van der Waals surface area (Å²) < 4.78 is 4.82. The van der Waals surface area contributed by atoms with Crippen LogP contribution in [0.3, 0.4) is 0 Å². The summed E-state index contributed by atoms with van der Waals surface area (Å²) in [4.78, 5) is 11.1. The van der Waals surface area contributed by atoms with Crippen LogP contribution in [0, 0.1) is 0 Å². The van der Waals surface area contributed by atoms with Gasteiger partial charge in [-0.15, -0.1) is 0 Å². The predicted molar refractivity (Wildman–Crippen MR) is 51.6 cm³/mol. The number of hydrogen-bond donors (Lipinski definition) is 2. The van der Waals surface area contributed by atoms with E-state index in [4.69, 9.17) is 4.52 Å². The summed E-state index contributed by atoms with van der Waals surface area (Å²) in [5, 5.41) is 8.92. The number of nitrogens with zero attached hydrogens (tertiary/aromatic N) is 1. The number of carbonyl (C=O) groups is 1. The second-order valence-electron chi connectivity index (χ2n) is 2.94. The maximum atomic E-state index is 11.1. The van der Waals surface area contributed by atoms with Crippen LogP contribution in [-0.4, -0.2) is 17.7 Å². The number of hydrogen-bond acceptors (Lipinski definition) is 3. The summed E-state index contributed by atoms with van der Waals surface area (Å²) in [6.07, 6.45) is 3.62. The Morgan fingerprint density at radius 1 is 1.57 bits per heavy atom. The third-order valence-corrected chi connectivity index (χ3v) is 1.73. The van der Waals surface area contributed by atoms with Gasteiger partial charge in [0, 0.05) is 12.6 Å². The van der Waals surface area contributed by atoms with E-state index in [1.807, 2.05) is 0 Å². The van der Waals surface area contributed by atoms with Crippen LogP contribution in [0.4, 0.5) is 4.79 Å². The van der Waals surface area contributed by atoms with Gasteiger partial charge in [-0.25, -0.2) is 4.79 Å². The fourth-order valence-electron chi connectivity index (χ4n) is 0.942. The molecule has 0 bridgehead atoms. The van der Waals surface area contributed by atoms with Crippen LogP contribution in [0.1, 0.15) is 25.5 Å². The Kier molecular flexibility index (Phi) is 4.54. The number of urea groups is 1. The molecule has 0 spiro atoms. The predicted octanol–water partition coefficient (Wildman–Crippen LogP) is 1.27. The van der Waals surface area contributed by atoms with Gasteiger partial charge < -0.3 is 15.2 Å². The largest absolute Gasteiger partial charge is 0.360 e. The lowest BCUT2D eigenvalue weighted by atomic mass is 10.3. The molecule has 2 N–H and O–H groups in total. The molecule has 0 unspecified atom stereocenters. The molecule has 78 valence electrons. The molecule has 0 radical (unpaired) electrons. The number of nitrogens with one attached hydrogen (secondary N) is 2. The van der Waals surface area contributed by atoms with E-state index >= 15 is 0 Å². The second kappa shape index (κ2) is 6.01. The fourth-order valence-corrected chi connectivity index (χ4v) is 0.942. The first-order valence-corrected chi connectivity index (χ1v) is 4.74. The standard InChI is InChI=1S/C9H15N3O2/c1-2-3-5-10-9(13)11-7-8-4-6-12-14-8/h4,6H,2-3,5,7H2,1H3,(H2,10,11,13). The van der Waals surface area contributed by atoms with Crippen molar-refractivity contribution in [3.05, 3.63) is 18.0 Å². The highest BCUT2D eigenvalue weighted by atomic mass is 16.5. The zero-order chi connectivity index (χ0) is 10.2. The molecule has 0 fully saturated rings. The highest BCUT2D eigenvalue weighted by Gasteiger charge is 2.00. The van der Waals surface area contributed by atoms with Crippen molar-refractivity contribution in [1.29, 1.82) is 0 Å². The SMILES string of the molecule is CCCCNC(=O)NCc1ccno1. The first-order chi connectivity index (χ1) is 6.83. The molecule has 1 heterocycles. The Hall–Kier alpha value is -1.52. The Morgan fingerprint density at radius 3 is 3.07 bits per heavy atom. The first-order valence-electron chi connectivity index (χ1n) is 4.74. The quantitative estimate of drug-likeness (QED) is 0.698. The van der Waals surface area contributed by atoms with Gasteiger partial charge in [-0.2, -0.15) is 0 Å². The molecule has 0 aromatic carbocycles. The van der Waals surface area contributed by atoms with E-state index in [2.05, 4.69) is 22.7 Å². The van der Waals surface area contributed by atoms with E-state index in [9.17, 15) is 4.79 Å². The Labute approximate surface area is 82.8 Å².